The monoisotopic (exact) mass is 396 g/mol. The number of aryl methyl sites for hydroxylation is 1. The van der Waals surface area contributed by atoms with Crippen LogP contribution in [0.15, 0.2) is 17.1 Å². The number of rotatable bonds is 4. The summed E-state index contributed by atoms with van der Waals surface area (Å²) in [5, 5.41) is 18.9. The van der Waals surface area contributed by atoms with E-state index in [-0.39, 0.29) is 36.5 Å². The quantitative estimate of drug-likeness (QED) is 0.830. The van der Waals surface area contributed by atoms with Gasteiger partial charge in [0.15, 0.2) is 5.82 Å². The van der Waals surface area contributed by atoms with Crippen LogP contribution in [0.4, 0.5) is 10.1 Å². The maximum atomic E-state index is 15.0. The molecule has 1 atom stereocenters. The van der Waals surface area contributed by atoms with Gasteiger partial charge in [0.25, 0.3) is 5.56 Å². The molecule has 0 amide bonds. The number of pyridine rings is 2. The Hall–Kier alpha value is -2.12. The molecule has 0 spiro atoms. The molecule has 146 valence electrons. The Morgan fingerprint density at radius 2 is 2.04 bits per heavy atom. The van der Waals surface area contributed by atoms with Gasteiger partial charge in [-0.1, -0.05) is 0 Å². The van der Waals surface area contributed by atoms with Crippen molar-refractivity contribution in [2.45, 2.75) is 44.6 Å². The largest absolute Gasteiger partial charge is 0.477 e. The second-order valence-electron chi connectivity index (χ2n) is 7.24. The Morgan fingerprint density at radius 1 is 1.33 bits per heavy atom. The second kappa shape index (κ2) is 7.13. The summed E-state index contributed by atoms with van der Waals surface area (Å²) in [5.74, 6) is -1.66. The molecule has 3 heterocycles. The summed E-state index contributed by atoms with van der Waals surface area (Å²) in [7, 11) is 0. The number of anilines is 1. The Labute approximate surface area is 161 Å². The number of aromatic carboxylic acids is 1. The van der Waals surface area contributed by atoms with Crippen LogP contribution in [0.5, 0.6) is 0 Å². The van der Waals surface area contributed by atoms with Crippen molar-refractivity contribution in [2.75, 3.05) is 18.1 Å². The maximum absolute atomic E-state index is 15.0. The minimum absolute atomic E-state index is 0. The first-order valence-electron chi connectivity index (χ1n) is 8.93. The van der Waals surface area contributed by atoms with Crippen molar-refractivity contribution < 1.29 is 19.4 Å². The lowest BCUT2D eigenvalue weighted by molar-refractivity contribution is 0.0694. The van der Waals surface area contributed by atoms with Gasteiger partial charge in [-0.3, -0.25) is 9.20 Å². The summed E-state index contributed by atoms with van der Waals surface area (Å²) < 4.78 is 16.1. The fourth-order valence-electron chi connectivity index (χ4n) is 4.17. The van der Waals surface area contributed by atoms with Crippen molar-refractivity contribution in [2.24, 2.45) is 0 Å². The topological polar surface area (TPSA) is 82.2 Å². The molecule has 2 fully saturated rings. The number of aromatic nitrogens is 1. The highest BCUT2D eigenvalue weighted by molar-refractivity contribution is 5.89. The van der Waals surface area contributed by atoms with E-state index in [1.165, 1.54) is 6.07 Å². The van der Waals surface area contributed by atoms with Crippen molar-refractivity contribution in [3.8, 4) is 0 Å². The van der Waals surface area contributed by atoms with Crippen LogP contribution >= 0.6 is 12.4 Å². The van der Waals surface area contributed by atoms with Crippen LogP contribution in [-0.4, -0.2) is 39.8 Å². The zero-order valence-electron chi connectivity index (χ0n) is 14.9. The molecule has 27 heavy (non-hydrogen) atoms. The Balaban J connectivity index is 0.00000210. The van der Waals surface area contributed by atoms with Crippen molar-refractivity contribution >= 4 is 29.6 Å². The number of carboxylic acid groups (broad SMARTS) is 1. The molecule has 8 heteroatoms. The third-order valence-corrected chi connectivity index (χ3v) is 5.57. The molecule has 1 saturated heterocycles. The van der Waals surface area contributed by atoms with E-state index in [0.29, 0.717) is 23.3 Å². The van der Waals surface area contributed by atoms with Gasteiger partial charge < -0.3 is 15.1 Å². The van der Waals surface area contributed by atoms with E-state index in [1.54, 1.807) is 6.92 Å². The number of aliphatic hydroxyl groups is 1. The number of aliphatic hydroxyl groups excluding tert-OH is 1. The van der Waals surface area contributed by atoms with Crippen LogP contribution in [0.2, 0.25) is 0 Å². The van der Waals surface area contributed by atoms with Crippen molar-refractivity contribution in [1.29, 1.82) is 0 Å². The standard InChI is InChI=1S/C19H21FN2O4.ClH/c1-10-16-13(11-4-5-11)7-14(19(25)26)18(24)22(16)8-15(20)17(10)21-6-2-3-12(21)9-23;/h7-8,11-12,23H,2-6,9H2,1H3,(H,25,26);1H/t12-;/m0./s1. The van der Waals surface area contributed by atoms with Gasteiger partial charge in [-0.05, 0) is 55.7 Å². The Morgan fingerprint density at radius 3 is 2.63 bits per heavy atom. The normalized spacial score (nSPS) is 19.4. The molecule has 2 aliphatic rings. The summed E-state index contributed by atoms with van der Waals surface area (Å²) in [6.07, 6.45) is 4.63. The molecular weight excluding hydrogens is 375 g/mol. The number of carbonyl (C=O) groups is 1. The van der Waals surface area contributed by atoms with Crippen LogP contribution in [0, 0.1) is 12.7 Å². The van der Waals surface area contributed by atoms with Crippen LogP contribution in [0.3, 0.4) is 0 Å². The average molecular weight is 397 g/mol. The molecule has 1 aliphatic heterocycles. The number of fused-ring (bicyclic) bond motifs is 1. The van der Waals surface area contributed by atoms with E-state index in [2.05, 4.69) is 0 Å². The van der Waals surface area contributed by atoms with Crippen molar-refractivity contribution in [3.05, 3.63) is 45.1 Å². The van der Waals surface area contributed by atoms with Crippen molar-refractivity contribution in [1.82, 2.24) is 4.40 Å². The van der Waals surface area contributed by atoms with Gasteiger partial charge in [-0.25, -0.2) is 9.18 Å². The number of hydrogen-bond acceptors (Lipinski definition) is 4. The van der Waals surface area contributed by atoms with Gasteiger partial charge in [-0.2, -0.15) is 0 Å². The summed E-state index contributed by atoms with van der Waals surface area (Å²) in [6.45, 7) is 2.37. The van der Waals surface area contributed by atoms with E-state index >= 15 is 0 Å². The fraction of sp³-hybridized carbons (Fsp3) is 0.474. The van der Waals surface area contributed by atoms with Crippen LogP contribution < -0.4 is 10.5 Å². The van der Waals surface area contributed by atoms with E-state index in [1.807, 2.05) is 4.90 Å². The molecule has 0 radical (unpaired) electrons. The minimum atomic E-state index is -1.30. The third-order valence-electron chi connectivity index (χ3n) is 5.57. The van der Waals surface area contributed by atoms with E-state index < -0.39 is 17.3 Å². The van der Waals surface area contributed by atoms with Crippen molar-refractivity contribution in [3.63, 3.8) is 0 Å². The molecule has 1 aliphatic carbocycles. The predicted octanol–water partition coefficient (Wildman–Crippen LogP) is 2.71. The first kappa shape index (κ1) is 19.6. The van der Waals surface area contributed by atoms with E-state index in [9.17, 15) is 24.2 Å². The molecule has 6 nitrogen and oxygen atoms in total. The molecule has 0 unspecified atom stereocenters. The van der Waals surface area contributed by atoms with Gasteiger partial charge in [0.2, 0.25) is 0 Å². The fourth-order valence-corrected chi connectivity index (χ4v) is 4.17. The highest BCUT2D eigenvalue weighted by Gasteiger charge is 2.33. The Kier molecular flexibility index (Phi) is 5.18. The Bertz CT molecular complexity index is 971. The molecule has 0 bridgehead atoms. The first-order chi connectivity index (χ1) is 12.4. The van der Waals surface area contributed by atoms with Gasteiger partial charge in [0, 0.05) is 6.54 Å². The molecule has 4 rings (SSSR count). The zero-order chi connectivity index (χ0) is 18.6. The summed E-state index contributed by atoms with van der Waals surface area (Å²) in [6, 6.07) is 1.32. The molecule has 1 saturated carbocycles. The lowest BCUT2D eigenvalue weighted by Gasteiger charge is -2.28. The third kappa shape index (κ3) is 3.08. The zero-order valence-corrected chi connectivity index (χ0v) is 15.8. The van der Waals surface area contributed by atoms with Gasteiger partial charge >= 0.3 is 5.97 Å². The smallest absolute Gasteiger partial charge is 0.341 e. The summed E-state index contributed by atoms with van der Waals surface area (Å²) in [5.41, 5.74) is 1.38. The van der Waals surface area contributed by atoms with E-state index in [4.69, 9.17) is 0 Å². The molecule has 2 aromatic heterocycles. The highest BCUT2D eigenvalue weighted by atomic mass is 35.5. The van der Waals surface area contributed by atoms with E-state index in [0.717, 1.165) is 41.8 Å². The van der Waals surface area contributed by atoms with Gasteiger partial charge in [-0.15, -0.1) is 12.4 Å². The number of halogens is 2. The van der Waals surface area contributed by atoms with Crippen LogP contribution in [0.25, 0.3) is 5.52 Å². The second-order valence-corrected chi connectivity index (χ2v) is 7.24. The van der Waals surface area contributed by atoms with Crippen LogP contribution in [-0.2, 0) is 0 Å². The lowest BCUT2D eigenvalue weighted by Crippen LogP contribution is -2.34. The van der Waals surface area contributed by atoms with Crippen LogP contribution in [0.1, 0.15) is 53.1 Å². The minimum Gasteiger partial charge on any atom is -0.477 e. The number of hydrogen-bond donors (Lipinski definition) is 2. The average Bonchev–Trinajstić information content (AvgIpc) is 3.34. The lowest BCUT2D eigenvalue weighted by atomic mass is 10.0. The maximum Gasteiger partial charge on any atom is 0.341 e. The van der Waals surface area contributed by atoms with Gasteiger partial charge in [0.1, 0.15) is 5.56 Å². The predicted molar refractivity (Wildman–Crippen MR) is 102 cm³/mol. The molecular formula is C19H22ClFN2O4. The number of nitrogens with zero attached hydrogens (tertiary/aromatic N) is 2. The SMILES string of the molecule is Cc1c(N2CCC[C@H]2CO)c(F)cn2c(=O)c(C(=O)O)cc(C3CC3)c12.Cl. The highest BCUT2D eigenvalue weighted by Crippen LogP contribution is 2.44. The number of carboxylic acids is 1. The van der Waals surface area contributed by atoms with Gasteiger partial charge in [0.05, 0.1) is 30.0 Å². The summed E-state index contributed by atoms with van der Waals surface area (Å²) >= 11 is 0. The first-order valence-corrected chi connectivity index (χ1v) is 8.93. The molecule has 2 N–H and O–H groups in total. The molecule has 0 aromatic carbocycles. The summed E-state index contributed by atoms with van der Waals surface area (Å²) in [4.78, 5) is 25.9. The molecule has 2 aromatic rings.